The molecule has 2 heterocycles. The van der Waals surface area contributed by atoms with Gasteiger partial charge in [0.15, 0.2) is 0 Å². The second-order valence-electron chi connectivity index (χ2n) is 6.06. The number of halogens is 1. The summed E-state index contributed by atoms with van der Waals surface area (Å²) in [7, 11) is 0. The number of anilines is 1. The van der Waals surface area contributed by atoms with Crippen molar-refractivity contribution in [1.29, 1.82) is 0 Å². The number of nitrogens with two attached hydrogens (primary N) is 1. The van der Waals surface area contributed by atoms with Gasteiger partial charge in [0.1, 0.15) is 0 Å². The van der Waals surface area contributed by atoms with Crippen LogP contribution in [0.3, 0.4) is 0 Å². The van der Waals surface area contributed by atoms with Crippen molar-refractivity contribution >= 4 is 23.2 Å². The van der Waals surface area contributed by atoms with Crippen LogP contribution in [0.1, 0.15) is 36.0 Å². The van der Waals surface area contributed by atoms with Crippen molar-refractivity contribution in [3.8, 4) is 0 Å². The summed E-state index contributed by atoms with van der Waals surface area (Å²) in [6, 6.07) is 6.05. The number of carbonyl (C=O) groups is 1. The van der Waals surface area contributed by atoms with Crippen LogP contribution in [-0.2, 0) is 0 Å². The summed E-state index contributed by atoms with van der Waals surface area (Å²) in [6.45, 7) is 3.22. The van der Waals surface area contributed by atoms with E-state index in [0.29, 0.717) is 16.6 Å². The van der Waals surface area contributed by atoms with Gasteiger partial charge in [-0.1, -0.05) is 11.6 Å². The SMILES string of the molecule is NC(=O)c1ccc(N2CCC(C3CCCN3)CC2)c(Cl)c1. The highest BCUT2D eigenvalue weighted by molar-refractivity contribution is 6.33. The van der Waals surface area contributed by atoms with E-state index in [1.807, 2.05) is 6.07 Å². The quantitative estimate of drug-likeness (QED) is 0.901. The van der Waals surface area contributed by atoms with Crippen molar-refractivity contribution in [2.45, 2.75) is 31.7 Å². The number of amides is 1. The van der Waals surface area contributed by atoms with Crippen LogP contribution >= 0.6 is 11.6 Å². The molecule has 1 unspecified atom stereocenters. The molecule has 1 atom stereocenters. The van der Waals surface area contributed by atoms with Crippen LogP contribution in [-0.4, -0.2) is 31.6 Å². The minimum Gasteiger partial charge on any atom is -0.370 e. The first kappa shape index (κ1) is 14.7. The third kappa shape index (κ3) is 3.16. The average molecular weight is 308 g/mol. The lowest BCUT2D eigenvalue weighted by atomic mass is 9.88. The van der Waals surface area contributed by atoms with Crippen molar-refractivity contribution in [3.63, 3.8) is 0 Å². The zero-order valence-corrected chi connectivity index (χ0v) is 12.9. The third-order valence-electron chi connectivity index (χ3n) is 4.78. The van der Waals surface area contributed by atoms with Gasteiger partial charge < -0.3 is 16.0 Å². The van der Waals surface area contributed by atoms with Crippen molar-refractivity contribution in [2.75, 3.05) is 24.5 Å². The first-order chi connectivity index (χ1) is 10.1. The molecule has 0 aliphatic carbocycles. The summed E-state index contributed by atoms with van der Waals surface area (Å²) >= 11 is 6.31. The van der Waals surface area contributed by atoms with Crippen LogP contribution in [0.25, 0.3) is 0 Å². The Kier molecular flexibility index (Phi) is 4.36. The van der Waals surface area contributed by atoms with Crippen LogP contribution in [0.2, 0.25) is 5.02 Å². The number of piperidine rings is 1. The Labute approximate surface area is 130 Å². The second-order valence-corrected chi connectivity index (χ2v) is 6.46. The summed E-state index contributed by atoms with van der Waals surface area (Å²) in [5.41, 5.74) is 6.76. The molecule has 114 valence electrons. The Morgan fingerprint density at radius 1 is 1.29 bits per heavy atom. The Morgan fingerprint density at radius 3 is 2.62 bits per heavy atom. The highest BCUT2D eigenvalue weighted by atomic mass is 35.5. The highest BCUT2D eigenvalue weighted by Crippen LogP contribution is 2.32. The minimum atomic E-state index is -0.436. The van der Waals surface area contributed by atoms with E-state index >= 15 is 0 Å². The predicted octanol–water partition coefficient (Wildman–Crippen LogP) is 2.41. The van der Waals surface area contributed by atoms with Gasteiger partial charge in [-0.2, -0.15) is 0 Å². The number of primary amides is 1. The standard InChI is InChI=1S/C16H22ClN3O/c17-13-10-12(16(18)21)3-4-15(13)20-8-5-11(6-9-20)14-2-1-7-19-14/h3-4,10-11,14,19H,1-2,5-9H2,(H2,18,21). The molecule has 4 nitrogen and oxygen atoms in total. The second kappa shape index (κ2) is 6.24. The number of hydrogen-bond donors (Lipinski definition) is 2. The molecule has 3 N–H and O–H groups in total. The number of rotatable bonds is 3. The first-order valence-electron chi connectivity index (χ1n) is 7.73. The average Bonchev–Trinajstić information content (AvgIpc) is 3.01. The summed E-state index contributed by atoms with van der Waals surface area (Å²) < 4.78 is 0. The first-order valence-corrected chi connectivity index (χ1v) is 8.10. The molecule has 0 spiro atoms. The van der Waals surface area contributed by atoms with Gasteiger partial charge in [0.25, 0.3) is 0 Å². The molecule has 1 aromatic rings. The minimum absolute atomic E-state index is 0.436. The lowest BCUT2D eigenvalue weighted by Crippen LogP contribution is -2.41. The molecule has 2 fully saturated rings. The molecule has 1 amide bonds. The molecule has 0 aromatic heterocycles. The number of nitrogens with zero attached hydrogens (tertiary/aromatic N) is 1. The predicted molar refractivity (Wildman–Crippen MR) is 85.9 cm³/mol. The molecule has 0 saturated carbocycles. The molecule has 1 aromatic carbocycles. The van der Waals surface area contributed by atoms with E-state index in [1.54, 1.807) is 12.1 Å². The zero-order valence-electron chi connectivity index (χ0n) is 12.1. The summed E-state index contributed by atoms with van der Waals surface area (Å²) in [6.07, 6.45) is 5.03. The van der Waals surface area contributed by atoms with Crippen molar-refractivity contribution in [3.05, 3.63) is 28.8 Å². The Balaban J connectivity index is 1.65. The number of carbonyl (C=O) groups excluding carboxylic acids is 1. The van der Waals surface area contributed by atoms with Gasteiger partial charge in [-0.3, -0.25) is 4.79 Å². The smallest absolute Gasteiger partial charge is 0.248 e. The third-order valence-corrected chi connectivity index (χ3v) is 5.08. The van der Waals surface area contributed by atoms with Crippen LogP contribution in [0.4, 0.5) is 5.69 Å². The lowest BCUT2D eigenvalue weighted by Gasteiger charge is -2.36. The fourth-order valence-electron chi connectivity index (χ4n) is 3.57. The van der Waals surface area contributed by atoms with Gasteiger partial charge in [0, 0.05) is 24.7 Å². The lowest BCUT2D eigenvalue weighted by molar-refractivity contribution is 0.100. The summed E-state index contributed by atoms with van der Waals surface area (Å²) in [4.78, 5) is 13.5. The van der Waals surface area contributed by atoms with Crippen LogP contribution in [0, 0.1) is 5.92 Å². The highest BCUT2D eigenvalue weighted by Gasteiger charge is 2.28. The van der Waals surface area contributed by atoms with Crippen molar-refractivity contribution in [2.24, 2.45) is 11.7 Å². The topological polar surface area (TPSA) is 58.4 Å². The van der Waals surface area contributed by atoms with Gasteiger partial charge in [-0.15, -0.1) is 0 Å². The van der Waals surface area contributed by atoms with E-state index in [-0.39, 0.29) is 0 Å². The van der Waals surface area contributed by atoms with E-state index in [0.717, 1.165) is 24.7 Å². The maximum atomic E-state index is 11.2. The number of nitrogens with one attached hydrogen (secondary N) is 1. The molecule has 2 aliphatic rings. The summed E-state index contributed by atoms with van der Waals surface area (Å²) in [5, 5.41) is 4.23. The normalized spacial score (nSPS) is 23.5. The monoisotopic (exact) mass is 307 g/mol. The largest absolute Gasteiger partial charge is 0.370 e. The molecule has 2 saturated heterocycles. The molecule has 21 heavy (non-hydrogen) atoms. The molecule has 3 rings (SSSR count). The molecule has 2 aliphatic heterocycles. The fraction of sp³-hybridized carbons (Fsp3) is 0.562. The van der Waals surface area contributed by atoms with Crippen LogP contribution in [0.15, 0.2) is 18.2 Å². The Hall–Kier alpha value is -1.26. The molecule has 5 heteroatoms. The van der Waals surface area contributed by atoms with Crippen LogP contribution in [0.5, 0.6) is 0 Å². The van der Waals surface area contributed by atoms with Gasteiger partial charge in [-0.05, 0) is 56.3 Å². The van der Waals surface area contributed by atoms with E-state index in [1.165, 1.54) is 32.2 Å². The number of hydrogen-bond acceptors (Lipinski definition) is 3. The van der Waals surface area contributed by atoms with Gasteiger partial charge in [0.2, 0.25) is 5.91 Å². The molecule has 0 bridgehead atoms. The molecular formula is C16H22ClN3O. The maximum Gasteiger partial charge on any atom is 0.248 e. The van der Waals surface area contributed by atoms with Crippen molar-refractivity contribution in [1.82, 2.24) is 5.32 Å². The summed E-state index contributed by atoms with van der Waals surface area (Å²) in [5.74, 6) is 0.349. The Bertz CT molecular complexity index is 520. The molecule has 0 radical (unpaired) electrons. The van der Waals surface area contributed by atoms with E-state index in [9.17, 15) is 4.79 Å². The zero-order chi connectivity index (χ0) is 14.8. The van der Waals surface area contributed by atoms with Gasteiger partial charge in [-0.25, -0.2) is 0 Å². The fourth-order valence-corrected chi connectivity index (χ4v) is 3.87. The van der Waals surface area contributed by atoms with Gasteiger partial charge >= 0.3 is 0 Å². The van der Waals surface area contributed by atoms with E-state index in [4.69, 9.17) is 17.3 Å². The van der Waals surface area contributed by atoms with E-state index < -0.39 is 5.91 Å². The van der Waals surface area contributed by atoms with Crippen molar-refractivity contribution < 1.29 is 4.79 Å². The van der Waals surface area contributed by atoms with Crippen LogP contribution < -0.4 is 16.0 Å². The molecular weight excluding hydrogens is 286 g/mol. The maximum absolute atomic E-state index is 11.2. The Morgan fingerprint density at radius 2 is 2.05 bits per heavy atom. The van der Waals surface area contributed by atoms with Gasteiger partial charge in [0.05, 0.1) is 10.7 Å². The number of benzene rings is 1. The van der Waals surface area contributed by atoms with E-state index in [2.05, 4.69) is 10.2 Å².